The fourth-order valence-corrected chi connectivity index (χ4v) is 2.44. The third-order valence-corrected chi connectivity index (χ3v) is 3.60. The lowest BCUT2D eigenvalue weighted by Gasteiger charge is -2.46. The number of β-amino-alcohol motifs (C(OH)–C–C–N with tert-alkyl or cyclic N) is 1. The van der Waals surface area contributed by atoms with Crippen LogP contribution in [-0.2, 0) is 0 Å². The van der Waals surface area contributed by atoms with E-state index in [9.17, 15) is 14.3 Å². The Kier molecular flexibility index (Phi) is 3.49. The summed E-state index contributed by atoms with van der Waals surface area (Å²) >= 11 is 0. The Bertz CT molecular complexity index is 487. The second-order valence-electron chi connectivity index (χ2n) is 5.31. The minimum Gasteiger partial charge on any atom is -0.398 e. The van der Waals surface area contributed by atoms with Crippen molar-refractivity contribution < 1.29 is 14.3 Å². The summed E-state index contributed by atoms with van der Waals surface area (Å²) in [4.78, 5) is 13.6. The Balaban J connectivity index is 2.10. The van der Waals surface area contributed by atoms with E-state index in [0.29, 0.717) is 25.1 Å². The zero-order chi connectivity index (χ0) is 14.2. The topological polar surface area (TPSA) is 66.6 Å². The number of hydrogen-bond donors (Lipinski definition) is 2. The molecule has 5 heteroatoms. The number of hydrogen-bond acceptors (Lipinski definition) is 3. The zero-order valence-electron chi connectivity index (χ0n) is 11.2. The minimum atomic E-state index is -0.779. The molecule has 1 aromatic rings. The number of aliphatic hydroxyl groups is 1. The summed E-state index contributed by atoms with van der Waals surface area (Å²) in [6, 6.07) is 2.68. The van der Waals surface area contributed by atoms with Crippen LogP contribution in [0.4, 0.5) is 10.1 Å². The molecule has 1 aliphatic heterocycles. The van der Waals surface area contributed by atoms with Crippen LogP contribution >= 0.6 is 0 Å². The average Bonchev–Trinajstić information content (AvgIpc) is 2.31. The Hall–Kier alpha value is -1.62. The van der Waals surface area contributed by atoms with Gasteiger partial charge in [-0.3, -0.25) is 4.79 Å². The van der Waals surface area contributed by atoms with Gasteiger partial charge in [-0.1, -0.05) is 13.3 Å². The molecule has 0 aliphatic carbocycles. The van der Waals surface area contributed by atoms with Crippen molar-refractivity contribution in [3.63, 3.8) is 0 Å². The van der Waals surface area contributed by atoms with Crippen molar-refractivity contribution in [3.05, 3.63) is 29.1 Å². The number of nitrogens with zero attached hydrogens (tertiary/aromatic N) is 1. The molecule has 0 aromatic heterocycles. The van der Waals surface area contributed by atoms with Crippen molar-refractivity contribution in [1.82, 2.24) is 4.90 Å². The number of anilines is 1. The third kappa shape index (κ3) is 2.56. The van der Waals surface area contributed by atoms with Gasteiger partial charge < -0.3 is 15.7 Å². The normalized spacial score (nSPS) is 17.2. The molecule has 0 spiro atoms. The largest absolute Gasteiger partial charge is 0.398 e. The predicted molar refractivity (Wildman–Crippen MR) is 71.3 cm³/mol. The molecule has 1 amide bonds. The number of nitrogens with two attached hydrogens (primary N) is 1. The number of carbonyl (C=O) groups excluding carboxylic acids is 1. The van der Waals surface area contributed by atoms with E-state index in [4.69, 9.17) is 5.73 Å². The molecule has 0 saturated carbocycles. The lowest BCUT2D eigenvalue weighted by atomic mass is 9.88. The minimum absolute atomic E-state index is 0.235. The summed E-state index contributed by atoms with van der Waals surface area (Å²) < 4.78 is 13.6. The quantitative estimate of drug-likeness (QED) is 0.818. The van der Waals surface area contributed by atoms with Crippen LogP contribution in [0.3, 0.4) is 0 Å². The van der Waals surface area contributed by atoms with Gasteiger partial charge in [0.1, 0.15) is 5.82 Å². The first-order valence-electron chi connectivity index (χ1n) is 6.43. The van der Waals surface area contributed by atoms with E-state index in [1.165, 1.54) is 17.0 Å². The number of likely N-dealkylation sites (tertiary alicyclic amines) is 1. The smallest absolute Gasteiger partial charge is 0.254 e. The van der Waals surface area contributed by atoms with Crippen LogP contribution in [0.25, 0.3) is 0 Å². The lowest BCUT2D eigenvalue weighted by molar-refractivity contribution is -0.0860. The maximum Gasteiger partial charge on any atom is 0.254 e. The molecule has 19 heavy (non-hydrogen) atoms. The van der Waals surface area contributed by atoms with Crippen molar-refractivity contribution in [1.29, 1.82) is 0 Å². The SMILES string of the molecule is CCCC1(O)CN(C(=O)c2cc(N)c(C)c(F)c2)C1. The van der Waals surface area contributed by atoms with Gasteiger partial charge in [-0.05, 0) is 25.5 Å². The standard InChI is InChI=1S/C14H19FN2O2/c1-3-4-14(19)7-17(8-14)13(18)10-5-11(15)9(2)12(16)6-10/h5-6,19H,3-4,7-8,16H2,1-2H3. The van der Waals surface area contributed by atoms with Crippen LogP contribution in [0.5, 0.6) is 0 Å². The van der Waals surface area contributed by atoms with Crippen LogP contribution in [0.15, 0.2) is 12.1 Å². The molecule has 0 atom stereocenters. The summed E-state index contributed by atoms with van der Waals surface area (Å²) in [5, 5.41) is 10.0. The molecule has 0 unspecified atom stereocenters. The van der Waals surface area contributed by atoms with Crippen LogP contribution in [0.2, 0.25) is 0 Å². The molecule has 3 N–H and O–H groups in total. The summed E-state index contributed by atoms with van der Waals surface area (Å²) in [5.74, 6) is -0.765. The van der Waals surface area contributed by atoms with Gasteiger partial charge in [0, 0.05) is 16.8 Å². The van der Waals surface area contributed by atoms with Gasteiger partial charge in [0.25, 0.3) is 5.91 Å². The Morgan fingerprint density at radius 2 is 2.16 bits per heavy atom. The molecule has 1 heterocycles. The zero-order valence-corrected chi connectivity index (χ0v) is 11.2. The molecule has 4 nitrogen and oxygen atoms in total. The van der Waals surface area contributed by atoms with E-state index in [1.807, 2.05) is 6.92 Å². The van der Waals surface area contributed by atoms with E-state index in [1.54, 1.807) is 6.92 Å². The molecule has 0 radical (unpaired) electrons. The summed E-state index contributed by atoms with van der Waals surface area (Å²) in [7, 11) is 0. The average molecular weight is 266 g/mol. The second-order valence-corrected chi connectivity index (χ2v) is 5.31. The molecule has 104 valence electrons. The van der Waals surface area contributed by atoms with Crippen LogP contribution in [-0.4, -0.2) is 34.6 Å². The number of carbonyl (C=O) groups is 1. The van der Waals surface area contributed by atoms with E-state index in [-0.39, 0.29) is 17.2 Å². The van der Waals surface area contributed by atoms with Gasteiger partial charge in [-0.2, -0.15) is 0 Å². The first-order chi connectivity index (χ1) is 8.86. The molecule has 0 bridgehead atoms. The van der Waals surface area contributed by atoms with Crippen molar-refractivity contribution >= 4 is 11.6 Å². The van der Waals surface area contributed by atoms with Crippen molar-refractivity contribution in [2.75, 3.05) is 18.8 Å². The van der Waals surface area contributed by atoms with Crippen molar-refractivity contribution in [3.8, 4) is 0 Å². The molecular weight excluding hydrogens is 247 g/mol. The molecule has 1 saturated heterocycles. The highest BCUT2D eigenvalue weighted by Crippen LogP contribution is 2.28. The number of amides is 1. The lowest BCUT2D eigenvalue weighted by Crippen LogP contribution is -2.63. The Morgan fingerprint density at radius 3 is 2.68 bits per heavy atom. The fraction of sp³-hybridized carbons (Fsp3) is 0.500. The third-order valence-electron chi connectivity index (χ3n) is 3.60. The van der Waals surface area contributed by atoms with E-state index in [0.717, 1.165) is 6.42 Å². The van der Waals surface area contributed by atoms with Gasteiger partial charge in [0.2, 0.25) is 0 Å². The number of nitrogen functional groups attached to an aromatic ring is 1. The van der Waals surface area contributed by atoms with Gasteiger partial charge in [0.05, 0.1) is 18.7 Å². The van der Waals surface area contributed by atoms with Crippen LogP contribution in [0.1, 0.15) is 35.7 Å². The highest BCUT2D eigenvalue weighted by molar-refractivity contribution is 5.96. The first kappa shape index (κ1) is 13.8. The molecular formula is C14H19FN2O2. The maximum absolute atomic E-state index is 13.6. The molecule has 1 aromatic carbocycles. The van der Waals surface area contributed by atoms with Crippen LogP contribution < -0.4 is 5.73 Å². The predicted octanol–water partition coefficient (Wildman–Crippen LogP) is 1.70. The van der Waals surface area contributed by atoms with Gasteiger partial charge in [-0.15, -0.1) is 0 Å². The van der Waals surface area contributed by atoms with E-state index in [2.05, 4.69) is 0 Å². The van der Waals surface area contributed by atoms with Crippen molar-refractivity contribution in [2.45, 2.75) is 32.3 Å². The van der Waals surface area contributed by atoms with E-state index >= 15 is 0 Å². The monoisotopic (exact) mass is 266 g/mol. The van der Waals surface area contributed by atoms with Gasteiger partial charge in [0.15, 0.2) is 0 Å². The maximum atomic E-state index is 13.6. The Morgan fingerprint density at radius 1 is 1.53 bits per heavy atom. The fourth-order valence-electron chi connectivity index (χ4n) is 2.44. The Labute approximate surface area is 112 Å². The first-order valence-corrected chi connectivity index (χ1v) is 6.43. The molecule has 1 aliphatic rings. The van der Waals surface area contributed by atoms with Crippen molar-refractivity contribution in [2.24, 2.45) is 0 Å². The van der Waals surface area contributed by atoms with Gasteiger partial charge >= 0.3 is 0 Å². The molecule has 2 rings (SSSR count). The highest BCUT2D eigenvalue weighted by atomic mass is 19.1. The summed E-state index contributed by atoms with van der Waals surface area (Å²) in [6.07, 6.45) is 1.53. The number of rotatable bonds is 3. The molecule has 1 fully saturated rings. The van der Waals surface area contributed by atoms with E-state index < -0.39 is 11.4 Å². The summed E-state index contributed by atoms with van der Waals surface area (Å²) in [6.45, 7) is 4.16. The second kappa shape index (κ2) is 4.81. The summed E-state index contributed by atoms with van der Waals surface area (Å²) in [5.41, 5.74) is 5.74. The number of halogens is 1. The van der Waals surface area contributed by atoms with Crippen LogP contribution in [0, 0.1) is 12.7 Å². The van der Waals surface area contributed by atoms with Gasteiger partial charge in [-0.25, -0.2) is 4.39 Å². The number of benzene rings is 1. The highest BCUT2D eigenvalue weighted by Gasteiger charge is 2.42.